The Hall–Kier alpha value is -3.33. The molecule has 3 heterocycles. The van der Waals surface area contributed by atoms with Gasteiger partial charge in [0.15, 0.2) is 6.23 Å². The number of fused-ring (bicyclic) bond motifs is 1. The van der Waals surface area contributed by atoms with Gasteiger partial charge in [0, 0.05) is 23.8 Å². The zero-order valence-corrected chi connectivity index (χ0v) is 19.1. The first kappa shape index (κ1) is 22.8. The summed E-state index contributed by atoms with van der Waals surface area (Å²) in [7, 11) is 0. The maximum atomic E-state index is 14.8. The molecule has 1 atom stereocenters. The number of carbonyl (C=O) groups excluding carboxylic acids is 2. The number of benzene rings is 1. The average molecular weight is 455 g/mol. The van der Waals surface area contributed by atoms with Crippen molar-refractivity contribution in [1.82, 2.24) is 14.8 Å². The van der Waals surface area contributed by atoms with Crippen molar-refractivity contribution in [1.29, 1.82) is 0 Å². The average Bonchev–Trinajstić information content (AvgIpc) is 3.20. The quantitative estimate of drug-likeness (QED) is 0.548. The Morgan fingerprint density at radius 3 is 2.73 bits per heavy atom. The molecule has 0 aliphatic carbocycles. The maximum Gasteiger partial charge on any atom is 0.412 e. The highest BCUT2D eigenvalue weighted by atomic mass is 19.1. The standard InChI is InChI=1S/C24H27FN4O4/c1-14-10-11-26-20(19(14)28-23(31)33-24(2,3)4)22(30)15-8-9-17(25)21-16(15)13-27-29(21)18-7-5-6-12-32-18/h8-11,13,18H,5-7,12H2,1-4H3,(H,28,31). The Kier molecular flexibility index (Phi) is 6.16. The number of carbonyl (C=O) groups is 2. The first-order valence-electron chi connectivity index (χ1n) is 10.9. The van der Waals surface area contributed by atoms with Crippen LogP contribution in [0.25, 0.3) is 10.9 Å². The van der Waals surface area contributed by atoms with Crippen molar-refractivity contribution in [3.8, 4) is 0 Å². The van der Waals surface area contributed by atoms with Crippen LogP contribution >= 0.6 is 0 Å². The van der Waals surface area contributed by atoms with Crippen LogP contribution in [0.3, 0.4) is 0 Å². The van der Waals surface area contributed by atoms with Gasteiger partial charge in [0.05, 0.1) is 11.9 Å². The summed E-state index contributed by atoms with van der Waals surface area (Å²) in [5.74, 6) is -0.948. The molecule has 2 aromatic heterocycles. The van der Waals surface area contributed by atoms with Gasteiger partial charge >= 0.3 is 6.09 Å². The Labute approximate surface area is 191 Å². The molecule has 33 heavy (non-hydrogen) atoms. The van der Waals surface area contributed by atoms with E-state index in [4.69, 9.17) is 9.47 Å². The van der Waals surface area contributed by atoms with Crippen molar-refractivity contribution in [2.45, 2.75) is 58.8 Å². The molecule has 3 aromatic rings. The van der Waals surface area contributed by atoms with Gasteiger partial charge in [-0.2, -0.15) is 5.10 Å². The van der Waals surface area contributed by atoms with Crippen LogP contribution in [0.5, 0.6) is 0 Å². The van der Waals surface area contributed by atoms with Gasteiger partial charge in [-0.25, -0.2) is 13.9 Å². The molecule has 1 aliphatic heterocycles. The lowest BCUT2D eigenvalue weighted by atomic mass is 10.0. The summed E-state index contributed by atoms with van der Waals surface area (Å²) in [4.78, 5) is 30.2. The van der Waals surface area contributed by atoms with Crippen molar-refractivity contribution < 1.29 is 23.5 Å². The normalized spacial score (nSPS) is 16.6. The van der Waals surface area contributed by atoms with Gasteiger partial charge in [-0.3, -0.25) is 15.1 Å². The van der Waals surface area contributed by atoms with Gasteiger partial charge in [-0.15, -0.1) is 0 Å². The van der Waals surface area contributed by atoms with E-state index in [1.54, 1.807) is 33.8 Å². The van der Waals surface area contributed by atoms with E-state index in [9.17, 15) is 14.0 Å². The Morgan fingerprint density at radius 2 is 2.03 bits per heavy atom. The number of anilines is 1. The van der Waals surface area contributed by atoms with Crippen LogP contribution in [0.4, 0.5) is 14.9 Å². The van der Waals surface area contributed by atoms with E-state index >= 15 is 0 Å². The predicted octanol–water partition coefficient (Wildman–Crippen LogP) is 5.16. The summed E-state index contributed by atoms with van der Waals surface area (Å²) in [5.41, 5.74) is 0.667. The third-order valence-electron chi connectivity index (χ3n) is 5.38. The van der Waals surface area contributed by atoms with E-state index < -0.39 is 23.3 Å². The van der Waals surface area contributed by atoms with Crippen molar-refractivity contribution in [3.63, 3.8) is 0 Å². The molecule has 8 nitrogen and oxygen atoms in total. The lowest BCUT2D eigenvalue weighted by Crippen LogP contribution is -2.28. The molecular weight excluding hydrogens is 427 g/mol. The summed E-state index contributed by atoms with van der Waals surface area (Å²) in [6.07, 6.45) is 4.52. The molecule has 1 N–H and O–H groups in total. The van der Waals surface area contributed by atoms with Crippen LogP contribution in [0, 0.1) is 12.7 Å². The number of ketones is 1. The summed E-state index contributed by atoms with van der Waals surface area (Å²) < 4.78 is 27.4. The van der Waals surface area contributed by atoms with Gasteiger partial charge in [0.1, 0.15) is 22.6 Å². The van der Waals surface area contributed by atoms with Gasteiger partial charge < -0.3 is 9.47 Å². The molecule has 1 amide bonds. The van der Waals surface area contributed by atoms with Crippen molar-refractivity contribution in [3.05, 3.63) is 53.2 Å². The number of nitrogens with one attached hydrogen (secondary N) is 1. The van der Waals surface area contributed by atoms with Crippen LogP contribution in [-0.4, -0.2) is 38.8 Å². The van der Waals surface area contributed by atoms with Crippen LogP contribution < -0.4 is 5.32 Å². The SMILES string of the molecule is Cc1ccnc(C(=O)c2ccc(F)c3c2cnn3C2CCCCO2)c1NC(=O)OC(C)(C)C. The molecule has 0 saturated carbocycles. The summed E-state index contributed by atoms with van der Waals surface area (Å²) >= 11 is 0. The van der Waals surface area contributed by atoms with Crippen molar-refractivity contribution in [2.24, 2.45) is 0 Å². The molecule has 1 aliphatic rings. The van der Waals surface area contributed by atoms with Crippen LogP contribution in [-0.2, 0) is 9.47 Å². The van der Waals surface area contributed by atoms with E-state index in [1.165, 1.54) is 29.2 Å². The highest BCUT2D eigenvalue weighted by molar-refractivity contribution is 6.18. The number of ether oxygens (including phenoxy) is 2. The minimum atomic E-state index is -0.705. The first-order chi connectivity index (χ1) is 15.7. The van der Waals surface area contributed by atoms with Crippen LogP contribution in [0.1, 0.15) is 67.9 Å². The Bertz CT molecular complexity index is 1210. The minimum Gasteiger partial charge on any atom is -0.444 e. The third-order valence-corrected chi connectivity index (χ3v) is 5.38. The topological polar surface area (TPSA) is 95.3 Å². The highest BCUT2D eigenvalue weighted by Gasteiger charge is 2.26. The molecule has 0 spiro atoms. The fourth-order valence-electron chi connectivity index (χ4n) is 3.88. The molecule has 1 fully saturated rings. The number of rotatable bonds is 4. The fraction of sp³-hybridized carbons (Fsp3) is 0.417. The number of nitrogens with zero attached hydrogens (tertiary/aromatic N) is 3. The molecule has 174 valence electrons. The molecule has 4 rings (SSSR count). The number of aryl methyl sites for hydroxylation is 1. The Morgan fingerprint density at radius 1 is 1.24 bits per heavy atom. The predicted molar refractivity (Wildman–Crippen MR) is 121 cm³/mol. The second kappa shape index (κ2) is 8.90. The number of amides is 1. The van der Waals surface area contributed by atoms with Gasteiger partial charge in [-0.1, -0.05) is 0 Å². The number of halogens is 1. The second-order valence-corrected chi connectivity index (χ2v) is 9.08. The number of hydrogen-bond donors (Lipinski definition) is 1. The molecule has 1 unspecified atom stereocenters. The number of aromatic nitrogens is 3. The summed E-state index contributed by atoms with van der Waals surface area (Å²) in [6.45, 7) is 7.58. The molecule has 9 heteroatoms. The summed E-state index contributed by atoms with van der Waals surface area (Å²) in [5, 5.41) is 7.34. The number of hydrogen-bond acceptors (Lipinski definition) is 6. The van der Waals surface area contributed by atoms with E-state index in [0.717, 1.165) is 19.3 Å². The van der Waals surface area contributed by atoms with Crippen molar-refractivity contribution >= 4 is 28.5 Å². The molecule has 1 saturated heterocycles. The van der Waals surface area contributed by atoms with Crippen molar-refractivity contribution in [2.75, 3.05) is 11.9 Å². The first-order valence-corrected chi connectivity index (χ1v) is 10.9. The molecule has 0 radical (unpaired) electrons. The maximum absolute atomic E-state index is 14.8. The highest BCUT2D eigenvalue weighted by Crippen LogP contribution is 2.31. The van der Waals surface area contributed by atoms with E-state index in [0.29, 0.717) is 17.6 Å². The lowest BCUT2D eigenvalue weighted by Gasteiger charge is -2.23. The third kappa shape index (κ3) is 4.73. The summed E-state index contributed by atoms with van der Waals surface area (Å²) in [6, 6.07) is 4.34. The zero-order chi connectivity index (χ0) is 23.8. The largest absolute Gasteiger partial charge is 0.444 e. The van der Waals surface area contributed by atoms with Gasteiger partial charge in [-0.05, 0) is 70.7 Å². The minimum absolute atomic E-state index is 0.0374. The lowest BCUT2D eigenvalue weighted by molar-refractivity contribution is -0.0369. The van der Waals surface area contributed by atoms with E-state index in [2.05, 4.69) is 15.4 Å². The zero-order valence-electron chi connectivity index (χ0n) is 19.1. The van der Waals surface area contributed by atoms with Crippen LogP contribution in [0.2, 0.25) is 0 Å². The monoisotopic (exact) mass is 454 g/mol. The second-order valence-electron chi connectivity index (χ2n) is 9.08. The molecular formula is C24H27FN4O4. The smallest absolute Gasteiger partial charge is 0.412 e. The fourth-order valence-corrected chi connectivity index (χ4v) is 3.88. The Balaban J connectivity index is 1.74. The van der Waals surface area contributed by atoms with E-state index in [1.807, 2.05) is 0 Å². The van der Waals surface area contributed by atoms with Gasteiger partial charge in [0.2, 0.25) is 5.78 Å². The molecule has 0 bridgehead atoms. The van der Waals surface area contributed by atoms with Gasteiger partial charge in [0.25, 0.3) is 0 Å². The molecule has 1 aromatic carbocycles. The number of pyridine rings is 1. The van der Waals surface area contributed by atoms with Crippen LogP contribution in [0.15, 0.2) is 30.6 Å². The van der Waals surface area contributed by atoms with E-state index in [-0.39, 0.29) is 28.7 Å².